The minimum atomic E-state index is -0.706. The van der Waals surface area contributed by atoms with Crippen molar-refractivity contribution >= 4 is 22.5 Å². The maximum atomic E-state index is 13.5. The second-order valence-electron chi connectivity index (χ2n) is 4.21. The van der Waals surface area contributed by atoms with E-state index in [0.29, 0.717) is 5.69 Å². The first-order chi connectivity index (χ1) is 9.58. The van der Waals surface area contributed by atoms with Crippen LogP contribution in [0, 0.1) is 5.82 Å². The topological polar surface area (TPSA) is 54.9 Å². The summed E-state index contributed by atoms with van der Waals surface area (Å²) in [6.07, 6.45) is 0. The molecule has 4 nitrogen and oxygen atoms in total. The van der Waals surface area contributed by atoms with Gasteiger partial charge in [0, 0.05) is 0 Å². The number of nitrogens with zero attached hydrogens (tertiary/aromatic N) is 1. The third-order valence-electron chi connectivity index (χ3n) is 2.96. The summed E-state index contributed by atoms with van der Waals surface area (Å²) in [5, 5.41) is -0.0810. The zero-order chi connectivity index (χ0) is 14.3. The van der Waals surface area contributed by atoms with E-state index in [1.54, 1.807) is 30.3 Å². The quantitative estimate of drug-likeness (QED) is 0.748. The minimum absolute atomic E-state index is 0.0651. The van der Waals surface area contributed by atoms with Gasteiger partial charge in [-0.25, -0.2) is 9.18 Å². The highest BCUT2D eigenvalue weighted by atomic mass is 35.5. The van der Waals surface area contributed by atoms with E-state index in [9.17, 15) is 14.0 Å². The fraction of sp³-hybridized carbons (Fsp3) is 0. The maximum Gasteiger partial charge on any atom is 0.333 e. The number of fused-ring (bicyclic) bond motifs is 1. The second-order valence-corrected chi connectivity index (χ2v) is 4.62. The van der Waals surface area contributed by atoms with Crippen LogP contribution in [-0.2, 0) is 0 Å². The van der Waals surface area contributed by atoms with Gasteiger partial charge in [-0.15, -0.1) is 0 Å². The summed E-state index contributed by atoms with van der Waals surface area (Å²) >= 11 is 5.75. The Morgan fingerprint density at radius 3 is 2.50 bits per heavy atom. The molecule has 0 radical (unpaired) electrons. The fourth-order valence-corrected chi connectivity index (χ4v) is 2.22. The van der Waals surface area contributed by atoms with Crippen molar-refractivity contribution in [1.82, 2.24) is 9.55 Å². The molecule has 0 aliphatic heterocycles. The first-order valence-electron chi connectivity index (χ1n) is 5.77. The van der Waals surface area contributed by atoms with Gasteiger partial charge in [-0.2, -0.15) is 0 Å². The average Bonchev–Trinajstić information content (AvgIpc) is 2.42. The van der Waals surface area contributed by atoms with E-state index in [0.717, 1.165) is 6.07 Å². The molecule has 0 fully saturated rings. The Kier molecular flexibility index (Phi) is 2.91. The molecule has 3 rings (SSSR count). The molecule has 1 heterocycles. The number of H-pyrrole nitrogens is 1. The van der Waals surface area contributed by atoms with Gasteiger partial charge < -0.3 is 0 Å². The van der Waals surface area contributed by atoms with Crippen molar-refractivity contribution in [2.45, 2.75) is 0 Å². The molecule has 0 aliphatic carbocycles. The van der Waals surface area contributed by atoms with Gasteiger partial charge in [0.15, 0.2) is 0 Å². The molecule has 0 spiro atoms. The second kappa shape index (κ2) is 4.61. The highest BCUT2D eigenvalue weighted by molar-refractivity contribution is 6.31. The molecule has 3 aromatic rings. The standard InChI is InChI=1S/C14H8ClFN2O2/c15-10-7-12-9(6-11(10)16)13(19)17-14(20)18(12)8-4-2-1-3-5-8/h1-7H,(H,17,19,20). The number of nitrogens with one attached hydrogen (secondary N) is 1. The summed E-state index contributed by atoms with van der Waals surface area (Å²) in [5.74, 6) is -0.706. The van der Waals surface area contributed by atoms with Crippen molar-refractivity contribution in [1.29, 1.82) is 0 Å². The highest BCUT2D eigenvalue weighted by Crippen LogP contribution is 2.21. The number of hydrogen-bond donors (Lipinski definition) is 1. The molecular formula is C14H8ClFN2O2. The molecule has 100 valence electrons. The Morgan fingerprint density at radius 2 is 1.80 bits per heavy atom. The third kappa shape index (κ3) is 1.92. The molecule has 6 heteroatoms. The Bertz CT molecular complexity index is 916. The highest BCUT2D eigenvalue weighted by Gasteiger charge is 2.12. The Balaban J connectivity index is 2.52. The molecule has 0 unspecified atom stereocenters. The Hall–Kier alpha value is -2.40. The van der Waals surface area contributed by atoms with Gasteiger partial charge in [0.25, 0.3) is 5.56 Å². The van der Waals surface area contributed by atoms with E-state index in [-0.39, 0.29) is 15.9 Å². The predicted molar refractivity (Wildman–Crippen MR) is 75.1 cm³/mol. The van der Waals surface area contributed by atoms with Crippen molar-refractivity contribution in [3.8, 4) is 5.69 Å². The summed E-state index contributed by atoms with van der Waals surface area (Å²) < 4.78 is 14.8. The normalized spacial score (nSPS) is 10.9. The number of hydrogen-bond acceptors (Lipinski definition) is 2. The van der Waals surface area contributed by atoms with Gasteiger partial charge in [0.1, 0.15) is 5.82 Å². The third-order valence-corrected chi connectivity index (χ3v) is 3.25. The predicted octanol–water partition coefficient (Wildman–Crippen LogP) is 2.47. The lowest BCUT2D eigenvalue weighted by atomic mass is 10.2. The van der Waals surface area contributed by atoms with Crippen LogP contribution in [0.1, 0.15) is 0 Å². The molecule has 2 aromatic carbocycles. The van der Waals surface area contributed by atoms with Gasteiger partial charge in [-0.05, 0) is 24.3 Å². The zero-order valence-corrected chi connectivity index (χ0v) is 10.8. The number of rotatable bonds is 1. The molecule has 1 aromatic heterocycles. The summed E-state index contributed by atoms with van der Waals surface area (Å²) in [6.45, 7) is 0. The van der Waals surface area contributed by atoms with E-state index in [2.05, 4.69) is 4.98 Å². The van der Waals surface area contributed by atoms with Crippen LogP contribution in [0.15, 0.2) is 52.1 Å². The van der Waals surface area contributed by atoms with Gasteiger partial charge in [-0.1, -0.05) is 29.8 Å². The van der Waals surface area contributed by atoms with Crippen molar-refractivity contribution < 1.29 is 4.39 Å². The smallest absolute Gasteiger partial charge is 0.273 e. The number of aromatic nitrogens is 2. The Labute approximate surface area is 117 Å². The lowest BCUT2D eigenvalue weighted by Gasteiger charge is -2.09. The van der Waals surface area contributed by atoms with Gasteiger partial charge in [0.05, 0.1) is 21.6 Å². The maximum absolute atomic E-state index is 13.5. The molecule has 0 bridgehead atoms. The van der Waals surface area contributed by atoms with Crippen LogP contribution in [-0.4, -0.2) is 9.55 Å². The van der Waals surface area contributed by atoms with Crippen molar-refractivity contribution in [3.63, 3.8) is 0 Å². The average molecular weight is 291 g/mol. The minimum Gasteiger partial charge on any atom is -0.273 e. The van der Waals surface area contributed by atoms with Crippen LogP contribution in [0.2, 0.25) is 5.02 Å². The van der Waals surface area contributed by atoms with E-state index in [4.69, 9.17) is 11.6 Å². The van der Waals surface area contributed by atoms with E-state index >= 15 is 0 Å². The molecule has 0 saturated heterocycles. The number of para-hydroxylation sites is 1. The number of aromatic amines is 1. The molecule has 0 amide bonds. The summed E-state index contributed by atoms with van der Waals surface area (Å²) in [6, 6.07) is 11.0. The van der Waals surface area contributed by atoms with Crippen LogP contribution < -0.4 is 11.2 Å². The molecule has 0 saturated carbocycles. The van der Waals surface area contributed by atoms with Crippen molar-refractivity contribution in [2.75, 3.05) is 0 Å². The van der Waals surface area contributed by atoms with Gasteiger partial charge >= 0.3 is 5.69 Å². The van der Waals surface area contributed by atoms with E-state index in [1.807, 2.05) is 0 Å². The number of benzene rings is 2. The van der Waals surface area contributed by atoms with Crippen molar-refractivity contribution in [2.24, 2.45) is 0 Å². The van der Waals surface area contributed by atoms with Crippen molar-refractivity contribution in [3.05, 3.63) is 74.1 Å². The zero-order valence-electron chi connectivity index (χ0n) is 10.1. The van der Waals surface area contributed by atoms with E-state index < -0.39 is 17.1 Å². The van der Waals surface area contributed by atoms with Crippen LogP contribution in [0.4, 0.5) is 4.39 Å². The van der Waals surface area contributed by atoms with Gasteiger partial charge in [-0.3, -0.25) is 14.3 Å². The first kappa shape index (κ1) is 12.6. The fourth-order valence-electron chi connectivity index (χ4n) is 2.07. The molecule has 1 N–H and O–H groups in total. The van der Waals surface area contributed by atoms with Crippen LogP contribution in [0.5, 0.6) is 0 Å². The largest absolute Gasteiger partial charge is 0.333 e. The van der Waals surface area contributed by atoms with Crippen LogP contribution in [0.25, 0.3) is 16.6 Å². The molecular weight excluding hydrogens is 283 g/mol. The summed E-state index contributed by atoms with van der Waals surface area (Å²) in [7, 11) is 0. The first-order valence-corrected chi connectivity index (χ1v) is 6.15. The lowest BCUT2D eigenvalue weighted by molar-refractivity contribution is 0.629. The van der Waals surface area contributed by atoms with Crippen LogP contribution in [0.3, 0.4) is 0 Å². The molecule has 0 aliphatic rings. The van der Waals surface area contributed by atoms with Gasteiger partial charge in [0.2, 0.25) is 0 Å². The van der Waals surface area contributed by atoms with E-state index in [1.165, 1.54) is 10.6 Å². The Morgan fingerprint density at radius 1 is 1.10 bits per heavy atom. The molecule has 0 atom stereocenters. The van der Waals surface area contributed by atoms with Crippen LogP contribution >= 0.6 is 11.6 Å². The monoisotopic (exact) mass is 290 g/mol. The molecule has 20 heavy (non-hydrogen) atoms. The number of halogens is 2. The lowest BCUT2D eigenvalue weighted by Crippen LogP contribution is -2.29. The summed E-state index contributed by atoms with van der Waals surface area (Å²) in [4.78, 5) is 26.0. The summed E-state index contributed by atoms with van der Waals surface area (Å²) in [5.41, 5.74) is -0.429. The SMILES string of the molecule is O=c1[nH]c(=O)n(-c2ccccc2)c2cc(Cl)c(F)cc12.